The number of nitrogens with one attached hydrogen (secondary N) is 1. The molecule has 1 amide bonds. The van der Waals surface area contributed by atoms with Crippen LogP contribution < -0.4 is 5.32 Å². The number of amides is 1. The summed E-state index contributed by atoms with van der Waals surface area (Å²) in [5.41, 5.74) is -0.654. The van der Waals surface area contributed by atoms with Crippen molar-refractivity contribution in [2.75, 3.05) is 0 Å². The molecule has 0 saturated heterocycles. The summed E-state index contributed by atoms with van der Waals surface area (Å²) in [6.07, 6.45) is 2.86. The van der Waals surface area contributed by atoms with Crippen molar-refractivity contribution in [3.8, 4) is 6.07 Å². The zero-order valence-corrected chi connectivity index (χ0v) is 9.17. The molecular weight excluding hydrogens is 214 g/mol. The number of nitrogens with zero attached hydrogens (tertiary/aromatic N) is 2. The Labute approximate surface area is 92.9 Å². The minimum absolute atomic E-state index is 0.266. The molecule has 1 heterocycles. The first kappa shape index (κ1) is 11.5. The fourth-order valence-electron chi connectivity index (χ4n) is 0.924. The fraction of sp³-hybridized carbons (Fsp3) is 0.300. The van der Waals surface area contributed by atoms with Crippen LogP contribution in [-0.2, 0) is 0 Å². The molecule has 4 nitrogen and oxygen atoms in total. The second-order valence-corrected chi connectivity index (χ2v) is 3.95. The lowest BCUT2D eigenvalue weighted by Crippen LogP contribution is -2.42. The van der Waals surface area contributed by atoms with Crippen LogP contribution in [0.25, 0.3) is 0 Å². The highest BCUT2D eigenvalue weighted by atomic mass is 35.5. The van der Waals surface area contributed by atoms with E-state index in [1.165, 1.54) is 18.5 Å². The largest absolute Gasteiger partial charge is 0.334 e. The number of pyridine rings is 1. The Morgan fingerprint density at radius 2 is 2.33 bits per heavy atom. The lowest BCUT2D eigenvalue weighted by molar-refractivity contribution is 0.0929. The molecular formula is C10H10ClN3O. The van der Waals surface area contributed by atoms with E-state index in [0.717, 1.165) is 0 Å². The molecule has 0 spiro atoms. The van der Waals surface area contributed by atoms with Crippen LogP contribution in [0.15, 0.2) is 18.5 Å². The maximum atomic E-state index is 11.7. The van der Waals surface area contributed by atoms with Gasteiger partial charge in [-0.3, -0.25) is 9.78 Å². The van der Waals surface area contributed by atoms with Gasteiger partial charge in [-0.15, -0.1) is 0 Å². The number of hydrogen-bond donors (Lipinski definition) is 1. The highest BCUT2D eigenvalue weighted by Gasteiger charge is 2.21. The molecule has 78 valence electrons. The van der Waals surface area contributed by atoms with Crippen LogP contribution in [0.2, 0.25) is 5.02 Å². The van der Waals surface area contributed by atoms with Crippen LogP contribution >= 0.6 is 11.6 Å². The molecule has 0 atom stereocenters. The van der Waals surface area contributed by atoms with Crippen LogP contribution in [0.4, 0.5) is 0 Å². The molecule has 0 aliphatic heterocycles. The summed E-state index contributed by atoms with van der Waals surface area (Å²) in [5, 5.41) is 11.6. The predicted molar refractivity (Wildman–Crippen MR) is 56.4 cm³/mol. The van der Waals surface area contributed by atoms with Gasteiger partial charge in [0.2, 0.25) is 0 Å². The Balaban J connectivity index is 2.89. The number of rotatable bonds is 2. The minimum atomic E-state index is -0.920. The van der Waals surface area contributed by atoms with E-state index in [1.54, 1.807) is 13.8 Å². The van der Waals surface area contributed by atoms with E-state index in [-0.39, 0.29) is 5.56 Å². The molecule has 0 aliphatic carbocycles. The third-order valence-electron chi connectivity index (χ3n) is 1.72. The number of carbonyl (C=O) groups excluding carboxylic acids is 1. The predicted octanol–water partition coefficient (Wildman–Crippen LogP) is 1.77. The van der Waals surface area contributed by atoms with Gasteiger partial charge < -0.3 is 5.32 Å². The molecule has 0 radical (unpaired) electrons. The number of nitriles is 1. The Kier molecular flexibility index (Phi) is 3.28. The third kappa shape index (κ3) is 2.93. The van der Waals surface area contributed by atoms with E-state index in [9.17, 15) is 4.79 Å². The van der Waals surface area contributed by atoms with Gasteiger partial charge in [0.05, 0.1) is 16.7 Å². The first-order valence-corrected chi connectivity index (χ1v) is 4.67. The third-order valence-corrected chi connectivity index (χ3v) is 2.05. The van der Waals surface area contributed by atoms with Crippen molar-refractivity contribution < 1.29 is 4.79 Å². The molecule has 1 aromatic heterocycles. The standard InChI is InChI=1S/C10H10ClN3O/c1-10(2,6-12)14-9(15)7-5-13-4-3-8(7)11/h3-5H,1-2H3,(H,14,15). The summed E-state index contributed by atoms with van der Waals surface area (Å²) >= 11 is 5.81. The van der Waals surface area contributed by atoms with Gasteiger partial charge in [0.15, 0.2) is 0 Å². The topological polar surface area (TPSA) is 65.8 Å². The summed E-state index contributed by atoms with van der Waals surface area (Å²) in [6.45, 7) is 3.21. The van der Waals surface area contributed by atoms with Crippen LogP contribution in [0.5, 0.6) is 0 Å². The molecule has 0 unspecified atom stereocenters. The normalized spacial score (nSPS) is 10.5. The fourth-order valence-corrected chi connectivity index (χ4v) is 1.11. The Hall–Kier alpha value is -1.60. The summed E-state index contributed by atoms with van der Waals surface area (Å²) < 4.78 is 0. The molecule has 0 fully saturated rings. The molecule has 1 rings (SSSR count). The first-order valence-electron chi connectivity index (χ1n) is 4.29. The Bertz CT molecular complexity index is 423. The maximum absolute atomic E-state index is 11.7. The van der Waals surface area contributed by atoms with E-state index >= 15 is 0 Å². The van der Waals surface area contributed by atoms with Gasteiger partial charge in [0, 0.05) is 12.4 Å². The van der Waals surface area contributed by atoms with Crippen molar-refractivity contribution in [3.63, 3.8) is 0 Å². The number of aromatic nitrogens is 1. The van der Waals surface area contributed by atoms with Gasteiger partial charge in [-0.25, -0.2) is 0 Å². The number of hydrogen-bond acceptors (Lipinski definition) is 3. The average Bonchev–Trinajstić information content (AvgIpc) is 2.17. The molecule has 0 aliphatic rings. The molecule has 15 heavy (non-hydrogen) atoms. The lowest BCUT2D eigenvalue weighted by Gasteiger charge is -2.17. The van der Waals surface area contributed by atoms with Crippen molar-refractivity contribution in [2.45, 2.75) is 19.4 Å². The first-order chi connectivity index (χ1) is 6.96. The molecule has 1 N–H and O–H groups in total. The smallest absolute Gasteiger partial charge is 0.255 e. The Morgan fingerprint density at radius 3 is 2.87 bits per heavy atom. The van der Waals surface area contributed by atoms with E-state index in [0.29, 0.717) is 5.02 Å². The minimum Gasteiger partial charge on any atom is -0.334 e. The number of carbonyl (C=O) groups is 1. The number of halogens is 1. The highest BCUT2D eigenvalue weighted by Crippen LogP contribution is 2.14. The van der Waals surface area contributed by atoms with Crippen LogP contribution in [0.3, 0.4) is 0 Å². The molecule has 0 saturated carbocycles. The Morgan fingerprint density at radius 1 is 1.67 bits per heavy atom. The second-order valence-electron chi connectivity index (χ2n) is 3.55. The van der Waals surface area contributed by atoms with Crippen LogP contribution in [0.1, 0.15) is 24.2 Å². The molecule has 0 aromatic carbocycles. The van der Waals surface area contributed by atoms with E-state index in [1.807, 2.05) is 6.07 Å². The van der Waals surface area contributed by atoms with E-state index < -0.39 is 11.4 Å². The maximum Gasteiger partial charge on any atom is 0.255 e. The molecule has 1 aromatic rings. The molecule has 0 bridgehead atoms. The van der Waals surface area contributed by atoms with Crippen LogP contribution in [-0.4, -0.2) is 16.4 Å². The van der Waals surface area contributed by atoms with Gasteiger partial charge in [0.1, 0.15) is 5.54 Å². The van der Waals surface area contributed by atoms with Gasteiger partial charge in [-0.1, -0.05) is 11.6 Å². The monoisotopic (exact) mass is 223 g/mol. The van der Waals surface area contributed by atoms with E-state index in [2.05, 4.69) is 10.3 Å². The lowest BCUT2D eigenvalue weighted by atomic mass is 10.1. The van der Waals surface area contributed by atoms with Crippen molar-refractivity contribution in [3.05, 3.63) is 29.0 Å². The van der Waals surface area contributed by atoms with Crippen molar-refractivity contribution in [1.82, 2.24) is 10.3 Å². The van der Waals surface area contributed by atoms with Gasteiger partial charge in [0.25, 0.3) is 5.91 Å². The zero-order chi connectivity index (χ0) is 11.5. The summed E-state index contributed by atoms with van der Waals surface area (Å²) in [7, 11) is 0. The van der Waals surface area contributed by atoms with Gasteiger partial charge >= 0.3 is 0 Å². The van der Waals surface area contributed by atoms with Gasteiger partial charge in [-0.05, 0) is 19.9 Å². The van der Waals surface area contributed by atoms with E-state index in [4.69, 9.17) is 16.9 Å². The molecule has 5 heteroatoms. The van der Waals surface area contributed by atoms with Crippen LogP contribution in [0, 0.1) is 11.3 Å². The zero-order valence-electron chi connectivity index (χ0n) is 8.41. The quantitative estimate of drug-likeness (QED) is 0.831. The SMILES string of the molecule is CC(C)(C#N)NC(=O)c1cnccc1Cl. The summed E-state index contributed by atoms with van der Waals surface area (Å²) in [4.78, 5) is 15.4. The van der Waals surface area contributed by atoms with Gasteiger partial charge in [-0.2, -0.15) is 5.26 Å². The summed E-state index contributed by atoms with van der Waals surface area (Å²) in [5.74, 6) is -0.403. The van der Waals surface area contributed by atoms with Crippen molar-refractivity contribution in [2.24, 2.45) is 0 Å². The van der Waals surface area contributed by atoms with Crippen molar-refractivity contribution >= 4 is 17.5 Å². The highest BCUT2D eigenvalue weighted by molar-refractivity contribution is 6.33. The average molecular weight is 224 g/mol. The van der Waals surface area contributed by atoms with Crippen molar-refractivity contribution in [1.29, 1.82) is 5.26 Å². The summed E-state index contributed by atoms with van der Waals surface area (Å²) in [6, 6.07) is 3.49. The second kappa shape index (κ2) is 4.28.